The number of nitrogens with zero attached hydrogens (tertiary/aromatic N) is 2. The van der Waals surface area contributed by atoms with Gasteiger partial charge in [0.1, 0.15) is 11.8 Å². The van der Waals surface area contributed by atoms with Crippen molar-refractivity contribution in [1.29, 1.82) is 5.26 Å². The Kier molecular flexibility index (Phi) is 7.20. The van der Waals surface area contributed by atoms with Crippen molar-refractivity contribution in [2.45, 2.75) is 18.9 Å². The van der Waals surface area contributed by atoms with Gasteiger partial charge in [-0.1, -0.05) is 30.3 Å². The van der Waals surface area contributed by atoms with Crippen molar-refractivity contribution in [3.8, 4) is 11.8 Å². The number of hydrogen-bond acceptors (Lipinski definition) is 5. The third-order valence-electron chi connectivity index (χ3n) is 4.74. The Morgan fingerprint density at radius 1 is 1.03 bits per heavy atom. The second-order valence-corrected chi connectivity index (χ2v) is 6.93. The summed E-state index contributed by atoms with van der Waals surface area (Å²) in [4.78, 5) is 26.4. The van der Waals surface area contributed by atoms with E-state index in [0.717, 1.165) is 31.6 Å². The average Bonchev–Trinajstić information content (AvgIpc) is 2.74. The van der Waals surface area contributed by atoms with Gasteiger partial charge in [0, 0.05) is 24.8 Å². The van der Waals surface area contributed by atoms with E-state index in [0.29, 0.717) is 17.9 Å². The quantitative estimate of drug-likeness (QED) is 0.753. The minimum Gasteiger partial charge on any atom is -0.482 e. The van der Waals surface area contributed by atoms with Gasteiger partial charge in [-0.05, 0) is 37.1 Å². The summed E-state index contributed by atoms with van der Waals surface area (Å²) < 4.78 is 5.46. The predicted octanol–water partition coefficient (Wildman–Crippen LogP) is 2.16. The summed E-state index contributed by atoms with van der Waals surface area (Å²) >= 11 is 0. The number of ether oxygens (including phenoxy) is 1. The van der Waals surface area contributed by atoms with E-state index >= 15 is 0 Å². The molecule has 0 spiro atoms. The van der Waals surface area contributed by atoms with Crippen LogP contribution < -0.4 is 15.4 Å². The lowest BCUT2D eigenvalue weighted by Gasteiger charge is -2.31. The number of likely N-dealkylation sites (tertiary alicyclic amines) is 1. The number of nitriles is 1. The average molecular weight is 392 g/mol. The fourth-order valence-corrected chi connectivity index (χ4v) is 3.26. The van der Waals surface area contributed by atoms with Gasteiger partial charge in [0.05, 0.1) is 12.1 Å². The summed E-state index contributed by atoms with van der Waals surface area (Å²) in [5.41, 5.74) is 1.19. The minimum atomic E-state index is -0.210. The molecule has 150 valence electrons. The number of piperidine rings is 1. The van der Waals surface area contributed by atoms with Crippen molar-refractivity contribution < 1.29 is 14.3 Å². The molecule has 0 bridgehead atoms. The van der Waals surface area contributed by atoms with E-state index in [1.807, 2.05) is 36.4 Å². The van der Waals surface area contributed by atoms with Gasteiger partial charge in [0.2, 0.25) is 5.91 Å². The van der Waals surface area contributed by atoms with Crippen LogP contribution in [-0.4, -0.2) is 49.0 Å². The number of hydrogen-bond donors (Lipinski definition) is 2. The van der Waals surface area contributed by atoms with E-state index < -0.39 is 0 Å². The van der Waals surface area contributed by atoms with Gasteiger partial charge in [-0.25, -0.2) is 0 Å². The maximum Gasteiger partial charge on any atom is 0.258 e. The number of anilines is 1. The Labute approximate surface area is 170 Å². The van der Waals surface area contributed by atoms with Gasteiger partial charge >= 0.3 is 0 Å². The summed E-state index contributed by atoms with van der Waals surface area (Å²) in [5, 5.41) is 14.9. The SMILES string of the molecule is N#Cc1ccccc1OCC(=O)NC1CCN(CC(=O)Nc2ccccc2)CC1. The third-order valence-corrected chi connectivity index (χ3v) is 4.74. The summed E-state index contributed by atoms with van der Waals surface area (Å²) in [6.45, 7) is 1.69. The number of carbonyl (C=O) groups excluding carboxylic acids is 2. The lowest BCUT2D eigenvalue weighted by molar-refractivity contribution is -0.124. The molecule has 0 aliphatic carbocycles. The number of amides is 2. The van der Waals surface area contributed by atoms with Crippen LogP contribution in [0.25, 0.3) is 0 Å². The molecule has 0 unspecified atom stereocenters. The van der Waals surface area contributed by atoms with E-state index in [-0.39, 0.29) is 24.5 Å². The molecule has 1 aliphatic rings. The van der Waals surface area contributed by atoms with Crippen molar-refractivity contribution in [3.05, 3.63) is 60.2 Å². The van der Waals surface area contributed by atoms with Crippen LogP contribution in [0.15, 0.2) is 54.6 Å². The van der Waals surface area contributed by atoms with Crippen LogP contribution in [0.4, 0.5) is 5.69 Å². The van der Waals surface area contributed by atoms with Crippen LogP contribution in [0.3, 0.4) is 0 Å². The lowest BCUT2D eigenvalue weighted by atomic mass is 10.1. The monoisotopic (exact) mass is 392 g/mol. The molecule has 0 saturated carbocycles. The molecule has 0 radical (unpaired) electrons. The molecule has 0 atom stereocenters. The van der Waals surface area contributed by atoms with E-state index in [4.69, 9.17) is 10.00 Å². The van der Waals surface area contributed by atoms with E-state index in [1.165, 1.54) is 0 Å². The van der Waals surface area contributed by atoms with E-state index in [9.17, 15) is 9.59 Å². The molecular formula is C22H24N4O3. The Balaban J connectivity index is 1.36. The Bertz CT molecular complexity index is 871. The maximum absolute atomic E-state index is 12.2. The fraction of sp³-hybridized carbons (Fsp3) is 0.318. The van der Waals surface area contributed by atoms with E-state index in [1.54, 1.807) is 24.3 Å². The van der Waals surface area contributed by atoms with Crippen LogP contribution >= 0.6 is 0 Å². The molecular weight excluding hydrogens is 368 g/mol. The zero-order valence-corrected chi connectivity index (χ0v) is 16.1. The molecule has 2 amide bonds. The number of nitrogens with one attached hydrogen (secondary N) is 2. The van der Waals surface area contributed by atoms with Crippen LogP contribution in [0, 0.1) is 11.3 Å². The number of para-hydroxylation sites is 2. The highest BCUT2D eigenvalue weighted by atomic mass is 16.5. The van der Waals surface area contributed by atoms with Gasteiger partial charge in [0.25, 0.3) is 5.91 Å². The summed E-state index contributed by atoms with van der Waals surface area (Å²) in [6.07, 6.45) is 1.55. The van der Waals surface area contributed by atoms with Crippen LogP contribution in [0.5, 0.6) is 5.75 Å². The first-order valence-electron chi connectivity index (χ1n) is 9.62. The first-order valence-corrected chi connectivity index (χ1v) is 9.62. The van der Waals surface area contributed by atoms with Gasteiger partial charge < -0.3 is 15.4 Å². The van der Waals surface area contributed by atoms with Crippen molar-refractivity contribution in [1.82, 2.24) is 10.2 Å². The first-order chi connectivity index (χ1) is 14.1. The van der Waals surface area contributed by atoms with Crippen LogP contribution in [-0.2, 0) is 9.59 Å². The van der Waals surface area contributed by atoms with Gasteiger partial charge in [0.15, 0.2) is 6.61 Å². The summed E-state index contributed by atoms with van der Waals surface area (Å²) in [6, 6.07) is 18.3. The standard InChI is InChI=1S/C22H24N4O3/c23-14-17-6-4-5-9-20(17)29-16-22(28)25-19-10-12-26(13-11-19)15-21(27)24-18-7-2-1-3-8-18/h1-9,19H,10-13,15-16H2,(H,24,27)(H,25,28). The largest absolute Gasteiger partial charge is 0.482 e. The second-order valence-electron chi connectivity index (χ2n) is 6.93. The molecule has 7 nitrogen and oxygen atoms in total. The molecule has 1 saturated heterocycles. The van der Waals surface area contributed by atoms with Crippen molar-refractivity contribution in [3.63, 3.8) is 0 Å². The molecule has 29 heavy (non-hydrogen) atoms. The summed E-state index contributed by atoms with van der Waals surface area (Å²) in [7, 11) is 0. The minimum absolute atomic E-state index is 0.0387. The van der Waals surface area contributed by atoms with Gasteiger partial charge in [-0.2, -0.15) is 5.26 Å². The Morgan fingerprint density at radius 3 is 2.45 bits per heavy atom. The first kappa shape index (κ1) is 20.4. The highest BCUT2D eigenvalue weighted by molar-refractivity contribution is 5.92. The molecule has 2 aromatic carbocycles. The number of carbonyl (C=O) groups is 2. The molecule has 0 aromatic heterocycles. The molecule has 2 aromatic rings. The second kappa shape index (κ2) is 10.2. The predicted molar refractivity (Wildman–Crippen MR) is 109 cm³/mol. The summed E-state index contributed by atoms with van der Waals surface area (Å²) in [5.74, 6) is 0.158. The molecule has 7 heteroatoms. The molecule has 2 N–H and O–H groups in total. The van der Waals surface area contributed by atoms with Gasteiger partial charge in [-0.3, -0.25) is 14.5 Å². The molecule has 1 fully saturated rings. The number of rotatable bonds is 7. The molecule has 1 heterocycles. The van der Waals surface area contributed by atoms with Crippen LogP contribution in [0.1, 0.15) is 18.4 Å². The lowest BCUT2D eigenvalue weighted by Crippen LogP contribution is -2.47. The highest BCUT2D eigenvalue weighted by Crippen LogP contribution is 2.16. The molecule has 3 rings (SSSR count). The topological polar surface area (TPSA) is 94.5 Å². The zero-order valence-electron chi connectivity index (χ0n) is 16.1. The Hall–Kier alpha value is -3.37. The van der Waals surface area contributed by atoms with Crippen molar-refractivity contribution in [2.75, 3.05) is 31.6 Å². The van der Waals surface area contributed by atoms with Crippen molar-refractivity contribution in [2.24, 2.45) is 0 Å². The van der Waals surface area contributed by atoms with Gasteiger partial charge in [-0.15, -0.1) is 0 Å². The molecule has 1 aliphatic heterocycles. The zero-order chi connectivity index (χ0) is 20.5. The smallest absolute Gasteiger partial charge is 0.258 e. The van der Waals surface area contributed by atoms with Crippen LogP contribution in [0.2, 0.25) is 0 Å². The third kappa shape index (κ3) is 6.33. The fourth-order valence-electron chi connectivity index (χ4n) is 3.26. The maximum atomic E-state index is 12.2. The Morgan fingerprint density at radius 2 is 1.72 bits per heavy atom. The highest BCUT2D eigenvalue weighted by Gasteiger charge is 2.22. The van der Waals surface area contributed by atoms with E-state index in [2.05, 4.69) is 15.5 Å². The number of benzene rings is 2. The normalized spacial score (nSPS) is 14.6. The van der Waals surface area contributed by atoms with Crippen molar-refractivity contribution >= 4 is 17.5 Å².